The maximum atomic E-state index is 12.6. The van der Waals surface area contributed by atoms with Gasteiger partial charge in [0.1, 0.15) is 0 Å². The summed E-state index contributed by atoms with van der Waals surface area (Å²) in [6.45, 7) is 2.65. The van der Waals surface area contributed by atoms with Gasteiger partial charge in [0.05, 0.1) is 29.2 Å². The Balaban J connectivity index is 1.65. The van der Waals surface area contributed by atoms with Crippen molar-refractivity contribution in [2.24, 2.45) is 0 Å². The van der Waals surface area contributed by atoms with Crippen LogP contribution in [0.3, 0.4) is 0 Å². The molecule has 0 radical (unpaired) electrons. The molecular weight excluding hydrogens is 458 g/mol. The van der Waals surface area contributed by atoms with Crippen LogP contribution in [-0.4, -0.2) is 57.9 Å². The van der Waals surface area contributed by atoms with Gasteiger partial charge in [0.25, 0.3) is 0 Å². The average Bonchev–Trinajstić information content (AvgIpc) is 3.34. The number of ether oxygens (including phenoxy) is 3. The van der Waals surface area contributed by atoms with E-state index in [1.165, 1.54) is 47.8 Å². The maximum absolute atomic E-state index is 12.6. The zero-order valence-corrected chi connectivity index (χ0v) is 19.4. The van der Waals surface area contributed by atoms with E-state index in [4.69, 9.17) is 25.8 Å². The zero-order chi connectivity index (χ0) is 23.3. The Morgan fingerprint density at radius 2 is 1.72 bits per heavy atom. The van der Waals surface area contributed by atoms with Crippen LogP contribution in [-0.2, 0) is 14.8 Å². The minimum absolute atomic E-state index is 0.107. The number of methoxy groups -OCH3 is 1. The number of rotatable bonds is 9. The molecule has 1 saturated heterocycles. The first kappa shape index (κ1) is 24.0. The van der Waals surface area contributed by atoms with Crippen LogP contribution in [0, 0.1) is 0 Å². The lowest BCUT2D eigenvalue weighted by Gasteiger charge is -2.15. The van der Waals surface area contributed by atoms with Crippen molar-refractivity contribution >= 4 is 33.4 Å². The van der Waals surface area contributed by atoms with Gasteiger partial charge in [-0.05, 0) is 56.2 Å². The van der Waals surface area contributed by atoms with E-state index in [0.29, 0.717) is 25.4 Å². The molecule has 10 heteroatoms. The fourth-order valence-electron chi connectivity index (χ4n) is 3.31. The molecule has 32 heavy (non-hydrogen) atoms. The van der Waals surface area contributed by atoms with Gasteiger partial charge in [-0.25, -0.2) is 13.2 Å². The van der Waals surface area contributed by atoms with Crippen molar-refractivity contribution in [2.45, 2.75) is 24.7 Å². The van der Waals surface area contributed by atoms with Crippen LogP contribution in [0.15, 0.2) is 41.3 Å². The molecule has 1 aliphatic heterocycles. The number of sulfonamides is 1. The van der Waals surface area contributed by atoms with Crippen molar-refractivity contribution in [3.05, 3.63) is 52.5 Å². The number of esters is 1. The third-order valence-corrected chi connectivity index (χ3v) is 7.16. The van der Waals surface area contributed by atoms with Crippen LogP contribution in [0.4, 0.5) is 0 Å². The molecule has 0 spiro atoms. The summed E-state index contributed by atoms with van der Waals surface area (Å²) in [5, 5.41) is 0.180. The number of hydrogen-bond donors (Lipinski definition) is 0. The molecule has 2 aromatic rings. The first-order valence-electron chi connectivity index (χ1n) is 10.1. The van der Waals surface area contributed by atoms with E-state index in [1.54, 1.807) is 6.92 Å². The van der Waals surface area contributed by atoms with Crippen LogP contribution in [0.25, 0.3) is 0 Å². The molecule has 0 amide bonds. The molecule has 2 aromatic carbocycles. The highest BCUT2D eigenvalue weighted by molar-refractivity contribution is 7.89. The van der Waals surface area contributed by atoms with Crippen molar-refractivity contribution in [3.63, 3.8) is 0 Å². The Morgan fingerprint density at radius 1 is 1.06 bits per heavy atom. The number of ketones is 1. The number of halogens is 1. The molecule has 1 fully saturated rings. The summed E-state index contributed by atoms with van der Waals surface area (Å²) in [7, 11) is -2.14. The first-order chi connectivity index (χ1) is 15.3. The maximum Gasteiger partial charge on any atom is 0.338 e. The predicted octanol–water partition coefficient (Wildman–Crippen LogP) is 3.57. The molecule has 0 N–H and O–H groups in total. The molecule has 0 aliphatic carbocycles. The van der Waals surface area contributed by atoms with Crippen LogP contribution >= 0.6 is 11.6 Å². The number of carbonyl (C=O) groups excluding carboxylic acids is 2. The Bertz CT molecular complexity index is 1090. The molecule has 0 saturated carbocycles. The second kappa shape index (κ2) is 10.3. The molecule has 1 aliphatic rings. The van der Waals surface area contributed by atoms with E-state index >= 15 is 0 Å². The molecule has 172 valence electrons. The summed E-state index contributed by atoms with van der Waals surface area (Å²) in [6, 6.07) is 8.40. The third-order valence-electron chi connectivity index (χ3n) is 4.97. The summed E-state index contributed by atoms with van der Waals surface area (Å²) in [5.74, 6) is -0.636. The van der Waals surface area contributed by atoms with Gasteiger partial charge in [0.15, 0.2) is 23.9 Å². The molecule has 8 nitrogen and oxygen atoms in total. The molecule has 1 heterocycles. The van der Waals surface area contributed by atoms with Crippen molar-refractivity contribution < 1.29 is 32.2 Å². The van der Waals surface area contributed by atoms with E-state index in [2.05, 4.69) is 0 Å². The van der Waals surface area contributed by atoms with Gasteiger partial charge in [-0.2, -0.15) is 4.31 Å². The number of hydrogen-bond acceptors (Lipinski definition) is 7. The second-order valence-electron chi connectivity index (χ2n) is 7.06. The van der Waals surface area contributed by atoms with Crippen LogP contribution < -0.4 is 9.47 Å². The fourth-order valence-corrected chi connectivity index (χ4v) is 5.09. The van der Waals surface area contributed by atoms with Gasteiger partial charge in [-0.3, -0.25) is 4.79 Å². The van der Waals surface area contributed by atoms with Crippen molar-refractivity contribution in [1.82, 2.24) is 4.31 Å². The highest BCUT2D eigenvalue weighted by Gasteiger charge is 2.27. The van der Waals surface area contributed by atoms with E-state index in [0.717, 1.165) is 12.8 Å². The number of carbonyl (C=O) groups is 2. The lowest BCUT2D eigenvalue weighted by Crippen LogP contribution is -2.27. The summed E-state index contributed by atoms with van der Waals surface area (Å²) in [4.78, 5) is 24.9. The molecule has 0 atom stereocenters. The Labute approximate surface area is 192 Å². The third kappa shape index (κ3) is 5.23. The number of nitrogens with zero attached hydrogens (tertiary/aromatic N) is 1. The standard InChI is InChI=1S/C22H24ClNO7S/c1-3-30-21-18(23)12-16(13-20(21)29-2)22(26)31-14-19(25)15-6-8-17(9-7-15)32(27,28)24-10-4-5-11-24/h6-9,12-13H,3-5,10-11,14H2,1-2H3. The zero-order valence-electron chi connectivity index (χ0n) is 17.8. The van der Waals surface area contributed by atoms with Crippen LogP contribution in [0.2, 0.25) is 5.02 Å². The van der Waals surface area contributed by atoms with Gasteiger partial charge in [0.2, 0.25) is 10.0 Å². The Kier molecular flexibility index (Phi) is 7.76. The normalized spacial score (nSPS) is 14.2. The van der Waals surface area contributed by atoms with Gasteiger partial charge in [0, 0.05) is 18.7 Å². The highest BCUT2D eigenvalue weighted by atomic mass is 35.5. The molecule has 3 rings (SSSR count). The highest BCUT2D eigenvalue weighted by Crippen LogP contribution is 2.36. The summed E-state index contributed by atoms with van der Waals surface area (Å²) in [5.41, 5.74) is 0.343. The van der Waals surface area contributed by atoms with Crippen LogP contribution in [0.1, 0.15) is 40.5 Å². The topological polar surface area (TPSA) is 99.2 Å². The van der Waals surface area contributed by atoms with Gasteiger partial charge >= 0.3 is 5.97 Å². The van der Waals surface area contributed by atoms with Gasteiger partial charge in [-0.1, -0.05) is 11.6 Å². The smallest absolute Gasteiger partial charge is 0.338 e. The lowest BCUT2D eigenvalue weighted by molar-refractivity contribution is 0.0474. The summed E-state index contributed by atoms with van der Waals surface area (Å²) >= 11 is 6.16. The van der Waals surface area contributed by atoms with E-state index in [-0.39, 0.29) is 26.8 Å². The predicted molar refractivity (Wildman–Crippen MR) is 118 cm³/mol. The molecule has 0 bridgehead atoms. The van der Waals surface area contributed by atoms with Gasteiger partial charge < -0.3 is 14.2 Å². The summed E-state index contributed by atoms with van der Waals surface area (Å²) < 4.78 is 42.3. The SMILES string of the molecule is CCOc1c(Cl)cc(C(=O)OCC(=O)c2ccc(S(=O)(=O)N3CCCC3)cc2)cc1OC. The Hall–Kier alpha value is -2.62. The van der Waals surface area contributed by atoms with E-state index in [9.17, 15) is 18.0 Å². The molecular formula is C22H24ClNO7S. The second-order valence-corrected chi connectivity index (χ2v) is 9.40. The monoisotopic (exact) mass is 481 g/mol. The van der Waals surface area contributed by atoms with E-state index < -0.39 is 28.4 Å². The molecule has 0 unspecified atom stereocenters. The fraction of sp³-hybridized carbons (Fsp3) is 0.364. The van der Waals surface area contributed by atoms with Crippen molar-refractivity contribution in [1.29, 1.82) is 0 Å². The largest absolute Gasteiger partial charge is 0.493 e. The number of Topliss-reactive ketones (excluding diaryl/α,β-unsaturated/α-hetero) is 1. The molecule has 0 aromatic heterocycles. The van der Waals surface area contributed by atoms with Crippen molar-refractivity contribution in [2.75, 3.05) is 33.4 Å². The van der Waals surface area contributed by atoms with Crippen molar-refractivity contribution in [3.8, 4) is 11.5 Å². The van der Waals surface area contributed by atoms with Crippen LogP contribution in [0.5, 0.6) is 11.5 Å². The Morgan fingerprint density at radius 3 is 2.31 bits per heavy atom. The average molecular weight is 482 g/mol. The first-order valence-corrected chi connectivity index (χ1v) is 11.9. The quantitative estimate of drug-likeness (QED) is 0.398. The van der Waals surface area contributed by atoms with Gasteiger partial charge in [-0.15, -0.1) is 0 Å². The minimum atomic E-state index is -3.56. The summed E-state index contributed by atoms with van der Waals surface area (Å²) in [6.07, 6.45) is 1.68. The lowest BCUT2D eigenvalue weighted by atomic mass is 10.1. The minimum Gasteiger partial charge on any atom is -0.493 e. The van der Waals surface area contributed by atoms with E-state index in [1.807, 2.05) is 0 Å². The number of benzene rings is 2.